The van der Waals surface area contributed by atoms with Crippen LogP contribution in [0, 0.1) is 6.92 Å². The second-order valence-corrected chi connectivity index (χ2v) is 6.58. The minimum atomic E-state index is -0.0806. The minimum Gasteiger partial charge on any atom is -0.325 e. The molecule has 0 saturated heterocycles. The third kappa shape index (κ3) is 3.68. The van der Waals surface area contributed by atoms with E-state index in [2.05, 4.69) is 10.3 Å². The fourth-order valence-electron chi connectivity index (χ4n) is 2.61. The summed E-state index contributed by atoms with van der Waals surface area (Å²) < 4.78 is 0. The summed E-state index contributed by atoms with van der Waals surface area (Å²) in [4.78, 5) is 29.2. The highest BCUT2D eigenvalue weighted by atomic mass is 32.1. The van der Waals surface area contributed by atoms with Gasteiger partial charge in [0.1, 0.15) is 0 Å². The van der Waals surface area contributed by atoms with Crippen molar-refractivity contribution in [2.24, 2.45) is 0 Å². The van der Waals surface area contributed by atoms with E-state index in [0.29, 0.717) is 19.3 Å². The van der Waals surface area contributed by atoms with Gasteiger partial charge in [0.15, 0.2) is 5.78 Å². The Morgan fingerprint density at radius 1 is 1.12 bits per heavy atom. The highest BCUT2D eigenvalue weighted by molar-refractivity contribution is 7.12. The first kappa shape index (κ1) is 16.3. The molecule has 0 aliphatic rings. The standard InChI is InChI=1S/C19H18N2O2S/c1-13-9-10-15(14-5-3-11-20-19(13)14)21-18(23)8-2-6-16(22)17-7-4-12-24-17/h3-5,7,9-12H,2,6,8H2,1H3,(H,21,23). The predicted octanol–water partition coefficient (Wildman–Crippen LogP) is 4.60. The summed E-state index contributed by atoms with van der Waals surface area (Å²) in [6.45, 7) is 2.00. The second-order valence-electron chi connectivity index (χ2n) is 5.63. The number of pyridine rings is 1. The Balaban J connectivity index is 1.59. The molecule has 1 N–H and O–H groups in total. The first-order valence-corrected chi connectivity index (χ1v) is 8.74. The molecule has 0 aliphatic carbocycles. The van der Waals surface area contributed by atoms with Crippen molar-refractivity contribution in [3.8, 4) is 0 Å². The van der Waals surface area contributed by atoms with E-state index in [0.717, 1.165) is 27.0 Å². The summed E-state index contributed by atoms with van der Waals surface area (Å²) >= 11 is 1.44. The lowest BCUT2D eigenvalue weighted by Crippen LogP contribution is -2.12. The van der Waals surface area contributed by atoms with Gasteiger partial charge in [-0.1, -0.05) is 12.1 Å². The van der Waals surface area contributed by atoms with E-state index < -0.39 is 0 Å². The number of hydrogen-bond acceptors (Lipinski definition) is 4. The Morgan fingerprint density at radius 3 is 2.79 bits per heavy atom. The fourth-order valence-corrected chi connectivity index (χ4v) is 3.30. The molecule has 0 bridgehead atoms. The molecule has 0 unspecified atom stereocenters. The number of rotatable bonds is 6. The lowest BCUT2D eigenvalue weighted by Gasteiger charge is -2.09. The molecule has 1 amide bonds. The summed E-state index contributed by atoms with van der Waals surface area (Å²) in [7, 11) is 0. The molecule has 0 aliphatic heterocycles. The number of carbonyl (C=O) groups excluding carboxylic acids is 2. The number of nitrogens with one attached hydrogen (secondary N) is 1. The van der Waals surface area contributed by atoms with Crippen LogP contribution in [0.15, 0.2) is 48.0 Å². The first-order chi connectivity index (χ1) is 11.6. The zero-order valence-corrected chi connectivity index (χ0v) is 14.2. The topological polar surface area (TPSA) is 59.1 Å². The zero-order valence-electron chi connectivity index (χ0n) is 13.4. The van der Waals surface area contributed by atoms with Crippen LogP contribution in [-0.2, 0) is 4.79 Å². The number of aromatic nitrogens is 1. The summed E-state index contributed by atoms with van der Waals surface area (Å²) in [5.74, 6) is 0.0192. The van der Waals surface area contributed by atoms with Crippen LogP contribution in [0.2, 0.25) is 0 Å². The summed E-state index contributed by atoms with van der Waals surface area (Å²) in [6.07, 6.45) is 3.01. The van der Waals surface area contributed by atoms with Crippen LogP contribution in [-0.4, -0.2) is 16.7 Å². The van der Waals surface area contributed by atoms with Crippen LogP contribution < -0.4 is 5.32 Å². The molecule has 4 nitrogen and oxygen atoms in total. The number of Topliss-reactive ketones (excluding diaryl/α,β-unsaturated/α-hetero) is 1. The molecule has 24 heavy (non-hydrogen) atoms. The zero-order chi connectivity index (χ0) is 16.9. The molecule has 5 heteroatoms. The van der Waals surface area contributed by atoms with Crippen LogP contribution >= 0.6 is 11.3 Å². The monoisotopic (exact) mass is 338 g/mol. The lowest BCUT2D eigenvalue weighted by atomic mass is 10.1. The van der Waals surface area contributed by atoms with E-state index >= 15 is 0 Å². The summed E-state index contributed by atoms with van der Waals surface area (Å²) in [6, 6.07) is 11.3. The lowest BCUT2D eigenvalue weighted by molar-refractivity contribution is -0.116. The number of fused-ring (bicyclic) bond motifs is 1. The van der Waals surface area contributed by atoms with Gasteiger partial charge in [-0.25, -0.2) is 0 Å². The van der Waals surface area contributed by atoms with E-state index in [1.54, 1.807) is 6.20 Å². The van der Waals surface area contributed by atoms with Crippen LogP contribution in [0.25, 0.3) is 10.9 Å². The van der Waals surface area contributed by atoms with Gasteiger partial charge in [0.25, 0.3) is 0 Å². The number of amides is 1. The van der Waals surface area contributed by atoms with Gasteiger partial charge in [-0.05, 0) is 48.6 Å². The van der Waals surface area contributed by atoms with Gasteiger partial charge in [-0.15, -0.1) is 11.3 Å². The number of nitrogens with zero attached hydrogens (tertiary/aromatic N) is 1. The van der Waals surface area contributed by atoms with Crippen LogP contribution in [0.1, 0.15) is 34.5 Å². The predicted molar refractivity (Wildman–Crippen MR) is 97.6 cm³/mol. The molecule has 122 valence electrons. The molecule has 3 aromatic rings. The highest BCUT2D eigenvalue weighted by Gasteiger charge is 2.10. The number of anilines is 1. The third-order valence-corrected chi connectivity index (χ3v) is 4.76. The van der Waals surface area contributed by atoms with Crippen molar-refractivity contribution in [2.45, 2.75) is 26.2 Å². The average Bonchev–Trinajstić information content (AvgIpc) is 3.12. The van der Waals surface area contributed by atoms with Crippen LogP contribution in [0.4, 0.5) is 5.69 Å². The Kier molecular flexibility index (Phi) is 5.01. The fraction of sp³-hybridized carbons (Fsp3) is 0.211. The maximum Gasteiger partial charge on any atom is 0.224 e. The van der Waals surface area contributed by atoms with Crippen molar-refractivity contribution >= 4 is 39.6 Å². The molecular weight excluding hydrogens is 320 g/mol. The number of ketones is 1. The van der Waals surface area contributed by atoms with Crippen molar-refractivity contribution in [1.29, 1.82) is 0 Å². The van der Waals surface area contributed by atoms with Crippen molar-refractivity contribution < 1.29 is 9.59 Å². The quantitative estimate of drug-likeness (QED) is 0.668. The molecule has 0 saturated carbocycles. The first-order valence-electron chi connectivity index (χ1n) is 7.86. The van der Waals surface area contributed by atoms with Crippen LogP contribution in [0.5, 0.6) is 0 Å². The Bertz CT molecular complexity index is 872. The van der Waals surface area contributed by atoms with E-state index in [1.807, 2.05) is 48.7 Å². The molecule has 0 fully saturated rings. The molecule has 0 atom stereocenters. The van der Waals surface area contributed by atoms with Gasteiger partial charge in [-0.3, -0.25) is 14.6 Å². The van der Waals surface area contributed by atoms with Crippen molar-refractivity contribution in [2.75, 3.05) is 5.32 Å². The smallest absolute Gasteiger partial charge is 0.224 e. The van der Waals surface area contributed by atoms with E-state index in [4.69, 9.17) is 0 Å². The van der Waals surface area contributed by atoms with Gasteiger partial charge >= 0.3 is 0 Å². The Morgan fingerprint density at radius 2 is 2.00 bits per heavy atom. The molecule has 3 rings (SSSR count). The van der Waals surface area contributed by atoms with E-state index in [9.17, 15) is 9.59 Å². The van der Waals surface area contributed by atoms with Crippen molar-refractivity contribution in [3.63, 3.8) is 0 Å². The largest absolute Gasteiger partial charge is 0.325 e. The maximum atomic E-state index is 12.2. The number of hydrogen-bond donors (Lipinski definition) is 1. The maximum absolute atomic E-state index is 12.2. The van der Waals surface area contributed by atoms with Crippen molar-refractivity contribution in [1.82, 2.24) is 4.98 Å². The molecule has 0 radical (unpaired) electrons. The summed E-state index contributed by atoms with van der Waals surface area (Å²) in [5, 5.41) is 5.75. The van der Waals surface area contributed by atoms with Gasteiger partial charge in [0.05, 0.1) is 16.1 Å². The van der Waals surface area contributed by atoms with Gasteiger partial charge in [-0.2, -0.15) is 0 Å². The van der Waals surface area contributed by atoms with E-state index in [1.165, 1.54) is 11.3 Å². The third-order valence-electron chi connectivity index (χ3n) is 3.85. The highest BCUT2D eigenvalue weighted by Crippen LogP contribution is 2.24. The van der Waals surface area contributed by atoms with Gasteiger partial charge < -0.3 is 5.32 Å². The minimum absolute atomic E-state index is 0.0806. The van der Waals surface area contributed by atoms with Gasteiger partial charge in [0.2, 0.25) is 5.91 Å². The number of carbonyl (C=O) groups is 2. The number of thiophene rings is 1. The molecule has 0 spiro atoms. The Hall–Kier alpha value is -2.53. The van der Waals surface area contributed by atoms with E-state index in [-0.39, 0.29) is 11.7 Å². The van der Waals surface area contributed by atoms with Crippen molar-refractivity contribution in [3.05, 3.63) is 58.4 Å². The molecule has 2 heterocycles. The normalized spacial score (nSPS) is 10.7. The number of benzene rings is 1. The SMILES string of the molecule is Cc1ccc(NC(=O)CCCC(=O)c2cccs2)c2cccnc12. The van der Waals surface area contributed by atoms with Gasteiger partial charge in [0, 0.05) is 24.4 Å². The van der Waals surface area contributed by atoms with Crippen LogP contribution in [0.3, 0.4) is 0 Å². The Labute approximate surface area is 144 Å². The molecular formula is C19H18N2O2S. The molecule has 2 aromatic heterocycles. The second kappa shape index (κ2) is 7.36. The average molecular weight is 338 g/mol. The number of aryl methyl sites for hydroxylation is 1. The molecule has 1 aromatic carbocycles. The summed E-state index contributed by atoms with van der Waals surface area (Å²) in [5.41, 5.74) is 2.73.